The molecule has 1 aliphatic rings. The molecule has 1 aromatic carbocycles. The molecular weight excluding hydrogens is 318 g/mol. The second-order valence-electron chi connectivity index (χ2n) is 5.66. The van der Waals surface area contributed by atoms with Crippen LogP contribution in [-0.4, -0.2) is 18.6 Å². The van der Waals surface area contributed by atoms with Crippen LogP contribution in [-0.2, 0) is 4.79 Å². The van der Waals surface area contributed by atoms with Crippen molar-refractivity contribution in [2.45, 2.75) is 39.2 Å². The van der Waals surface area contributed by atoms with Gasteiger partial charge in [0.1, 0.15) is 5.75 Å². The highest BCUT2D eigenvalue weighted by atomic mass is 79.9. The first-order valence-corrected chi connectivity index (χ1v) is 8.04. The fourth-order valence-electron chi connectivity index (χ4n) is 2.74. The SMILES string of the molecule is C[C@@H]1[C@H](C)CCC[C@H]1NC(=O)COc1ccccc1Br. The molecule has 1 amide bonds. The molecule has 0 heterocycles. The number of hydrogen-bond acceptors (Lipinski definition) is 2. The van der Waals surface area contributed by atoms with Crippen LogP contribution >= 0.6 is 15.9 Å². The summed E-state index contributed by atoms with van der Waals surface area (Å²) in [7, 11) is 0. The van der Waals surface area contributed by atoms with Crippen LogP contribution in [0.15, 0.2) is 28.7 Å². The number of halogens is 1. The van der Waals surface area contributed by atoms with Crippen molar-refractivity contribution in [3.63, 3.8) is 0 Å². The first kappa shape index (κ1) is 15.4. The summed E-state index contributed by atoms with van der Waals surface area (Å²) >= 11 is 3.41. The Kier molecular flexibility index (Phi) is 5.46. The van der Waals surface area contributed by atoms with Crippen LogP contribution < -0.4 is 10.1 Å². The molecule has 110 valence electrons. The number of carbonyl (C=O) groups excluding carboxylic acids is 1. The normalized spacial score (nSPS) is 26.1. The van der Waals surface area contributed by atoms with E-state index in [0.29, 0.717) is 17.6 Å². The number of rotatable bonds is 4. The summed E-state index contributed by atoms with van der Waals surface area (Å²) in [5, 5.41) is 3.11. The van der Waals surface area contributed by atoms with Gasteiger partial charge in [0, 0.05) is 6.04 Å². The molecule has 0 aliphatic heterocycles. The number of carbonyl (C=O) groups is 1. The second-order valence-corrected chi connectivity index (χ2v) is 6.51. The molecule has 0 spiro atoms. The van der Waals surface area contributed by atoms with E-state index in [0.717, 1.165) is 10.9 Å². The Hall–Kier alpha value is -1.03. The zero-order valence-corrected chi connectivity index (χ0v) is 13.7. The standard InChI is InChI=1S/C16H22BrNO2/c1-11-6-5-8-14(12(11)2)18-16(19)10-20-15-9-4-3-7-13(15)17/h3-4,7,9,11-12,14H,5-6,8,10H2,1-2H3,(H,18,19)/t11-,12-,14-/m1/s1. The van der Waals surface area contributed by atoms with Crippen LogP contribution in [0.2, 0.25) is 0 Å². The molecular formula is C16H22BrNO2. The van der Waals surface area contributed by atoms with Crippen LogP contribution in [0.3, 0.4) is 0 Å². The van der Waals surface area contributed by atoms with Gasteiger partial charge in [-0.05, 0) is 46.3 Å². The summed E-state index contributed by atoms with van der Waals surface area (Å²) in [6, 6.07) is 7.85. The van der Waals surface area contributed by atoms with Crippen molar-refractivity contribution < 1.29 is 9.53 Å². The number of amides is 1. The largest absolute Gasteiger partial charge is 0.483 e. The maximum atomic E-state index is 12.0. The fraction of sp³-hybridized carbons (Fsp3) is 0.562. The van der Waals surface area contributed by atoms with Gasteiger partial charge in [0.15, 0.2) is 6.61 Å². The second kappa shape index (κ2) is 7.11. The van der Waals surface area contributed by atoms with Gasteiger partial charge in [0.25, 0.3) is 5.91 Å². The lowest BCUT2D eigenvalue weighted by molar-refractivity contribution is -0.124. The van der Waals surface area contributed by atoms with Gasteiger partial charge in [-0.2, -0.15) is 0 Å². The van der Waals surface area contributed by atoms with Crippen molar-refractivity contribution in [2.75, 3.05) is 6.61 Å². The van der Waals surface area contributed by atoms with Gasteiger partial charge in [-0.15, -0.1) is 0 Å². The molecule has 0 unspecified atom stereocenters. The van der Waals surface area contributed by atoms with Gasteiger partial charge >= 0.3 is 0 Å². The maximum Gasteiger partial charge on any atom is 0.258 e. The number of nitrogens with one attached hydrogen (secondary N) is 1. The van der Waals surface area contributed by atoms with E-state index in [4.69, 9.17) is 4.74 Å². The smallest absolute Gasteiger partial charge is 0.258 e. The summed E-state index contributed by atoms with van der Waals surface area (Å²) in [5.74, 6) is 1.88. The average Bonchev–Trinajstić information content (AvgIpc) is 2.43. The third kappa shape index (κ3) is 3.98. The number of benzene rings is 1. The Morgan fingerprint density at radius 1 is 1.35 bits per heavy atom. The summed E-state index contributed by atoms with van der Waals surface area (Å²) < 4.78 is 6.41. The minimum absolute atomic E-state index is 0.0355. The van der Waals surface area contributed by atoms with Gasteiger partial charge in [-0.1, -0.05) is 38.8 Å². The van der Waals surface area contributed by atoms with Crippen LogP contribution in [0.5, 0.6) is 5.75 Å². The molecule has 0 radical (unpaired) electrons. The Morgan fingerprint density at radius 3 is 2.85 bits per heavy atom. The van der Waals surface area contributed by atoms with Crippen molar-refractivity contribution >= 4 is 21.8 Å². The van der Waals surface area contributed by atoms with E-state index in [1.807, 2.05) is 24.3 Å². The van der Waals surface area contributed by atoms with E-state index in [2.05, 4.69) is 35.1 Å². The molecule has 1 aliphatic carbocycles. The quantitative estimate of drug-likeness (QED) is 0.906. The van der Waals surface area contributed by atoms with E-state index in [1.165, 1.54) is 12.8 Å². The van der Waals surface area contributed by atoms with Crippen LogP contribution in [0.25, 0.3) is 0 Å². The molecule has 1 fully saturated rings. The lowest BCUT2D eigenvalue weighted by atomic mass is 9.78. The van der Waals surface area contributed by atoms with E-state index >= 15 is 0 Å². The zero-order valence-electron chi connectivity index (χ0n) is 12.1. The molecule has 1 aromatic rings. The Bertz CT molecular complexity index is 464. The summed E-state index contributed by atoms with van der Waals surface area (Å²) in [4.78, 5) is 12.0. The number of para-hydroxylation sites is 1. The van der Waals surface area contributed by atoms with Gasteiger partial charge in [-0.3, -0.25) is 4.79 Å². The van der Waals surface area contributed by atoms with Crippen molar-refractivity contribution in [3.05, 3.63) is 28.7 Å². The van der Waals surface area contributed by atoms with Crippen molar-refractivity contribution in [1.29, 1.82) is 0 Å². The number of ether oxygens (including phenoxy) is 1. The Balaban J connectivity index is 1.82. The average molecular weight is 340 g/mol. The molecule has 4 heteroatoms. The third-order valence-electron chi connectivity index (χ3n) is 4.25. The van der Waals surface area contributed by atoms with E-state index in [1.54, 1.807) is 0 Å². The summed E-state index contributed by atoms with van der Waals surface area (Å²) in [6.45, 7) is 4.56. The first-order valence-electron chi connectivity index (χ1n) is 7.24. The third-order valence-corrected chi connectivity index (χ3v) is 4.90. The molecule has 2 rings (SSSR count). The Labute approximate surface area is 129 Å². The predicted octanol–water partition coefficient (Wildman–Crippen LogP) is 3.77. The molecule has 1 saturated carbocycles. The van der Waals surface area contributed by atoms with Crippen molar-refractivity contribution in [1.82, 2.24) is 5.32 Å². The first-order chi connectivity index (χ1) is 9.58. The highest BCUT2D eigenvalue weighted by Gasteiger charge is 2.28. The van der Waals surface area contributed by atoms with Crippen molar-refractivity contribution in [2.24, 2.45) is 11.8 Å². The molecule has 3 atom stereocenters. The van der Waals surface area contributed by atoms with Gasteiger partial charge in [-0.25, -0.2) is 0 Å². The van der Waals surface area contributed by atoms with Gasteiger partial charge < -0.3 is 10.1 Å². The van der Waals surface area contributed by atoms with Crippen LogP contribution in [0.4, 0.5) is 0 Å². The highest BCUT2D eigenvalue weighted by molar-refractivity contribution is 9.10. The topological polar surface area (TPSA) is 38.3 Å². The molecule has 20 heavy (non-hydrogen) atoms. The minimum atomic E-state index is -0.0355. The summed E-state index contributed by atoms with van der Waals surface area (Å²) in [6.07, 6.45) is 3.54. The molecule has 3 nitrogen and oxygen atoms in total. The van der Waals surface area contributed by atoms with E-state index in [9.17, 15) is 4.79 Å². The highest BCUT2D eigenvalue weighted by Crippen LogP contribution is 2.29. The van der Waals surface area contributed by atoms with Gasteiger partial charge in [0.2, 0.25) is 0 Å². The molecule has 1 N–H and O–H groups in total. The summed E-state index contributed by atoms with van der Waals surface area (Å²) in [5.41, 5.74) is 0. The molecule has 0 saturated heterocycles. The van der Waals surface area contributed by atoms with Crippen LogP contribution in [0, 0.1) is 11.8 Å². The maximum absolute atomic E-state index is 12.0. The minimum Gasteiger partial charge on any atom is -0.483 e. The van der Waals surface area contributed by atoms with E-state index in [-0.39, 0.29) is 18.6 Å². The lowest BCUT2D eigenvalue weighted by Gasteiger charge is -2.34. The molecule has 0 bridgehead atoms. The lowest BCUT2D eigenvalue weighted by Crippen LogP contribution is -2.45. The number of hydrogen-bond donors (Lipinski definition) is 1. The predicted molar refractivity (Wildman–Crippen MR) is 83.7 cm³/mol. The zero-order chi connectivity index (χ0) is 14.5. The Morgan fingerprint density at radius 2 is 2.10 bits per heavy atom. The van der Waals surface area contributed by atoms with Gasteiger partial charge in [0.05, 0.1) is 4.47 Å². The van der Waals surface area contributed by atoms with E-state index < -0.39 is 0 Å². The monoisotopic (exact) mass is 339 g/mol. The van der Waals surface area contributed by atoms with Crippen LogP contribution in [0.1, 0.15) is 33.1 Å². The van der Waals surface area contributed by atoms with Crippen molar-refractivity contribution in [3.8, 4) is 5.75 Å². The molecule has 0 aromatic heterocycles. The fourth-order valence-corrected chi connectivity index (χ4v) is 3.14.